The van der Waals surface area contributed by atoms with Crippen molar-refractivity contribution < 1.29 is 13.7 Å². The van der Waals surface area contributed by atoms with Crippen LogP contribution >= 0.6 is 0 Å². The van der Waals surface area contributed by atoms with E-state index in [9.17, 15) is 9.18 Å². The highest BCUT2D eigenvalue weighted by atomic mass is 19.1. The molecule has 2 N–H and O–H groups in total. The SMILES string of the molecule is C[C@H]1COc2c(-c3ccc(N)c(F)c3)ccc3c4conc4c(=O)n1c23. The maximum atomic E-state index is 14.0. The molecule has 1 atom stereocenters. The minimum atomic E-state index is -0.495. The van der Waals surface area contributed by atoms with Gasteiger partial charge in [0, 0.05) is 10.9 Å². The van der Waals surface area contributed by atoms with Crippen LogP contribution < -0.4 is 16.0 Å². The molecular formula is C19H14FN3O3. The van der Waals surface area contributed by atoms with Crippen LogP contribution in [0.1, 0.15) is 13.0 Å². The summed E-state index contributed by atoms with van der Waals surface area (Å²) in [5.41, 5.74) is 7.74. The topological polar surface area (TPSA) is 83.3 Å². The number of anilines is 1. The molecule has 0 saturated carbocycles. The average molecular weight is 351 g/mol. The molecule has 2 aromatic heterocycles. The van der Waals surface area contributed by atoms with Crippen LogP contribution in [0, 0.1) is 5.82 Å². The van der Waals surface area contributed by atoms with Crippen molar-refractivity contribution in [2.45, 2.75) is 13.0 Å². The number of hydrogen-bond acceptors (Lipinski definition) is 5. The molecular weight excluding hydrogens is 337 g/mol. The summed E-state index contributed by atoms with van der Waals surface area (Å²) in [5, 5.41) is 5.30. The quantitative estimate of drug-likeness (QED) is 0.531. The van der Waals surface area contributed by atoms with Crippen LogP contribution in [0.2, 0.25) is 0 Å². The number of nitrogens with zero attached hydrogens (tertiary/aromatic N) is 2. The summed E-state index contributed by atoms with van der Waals surface area (Å²) in [6.07, 6.45) is 1.46. The number of ether oxygens (including phenoxy) is 1. The molecule has 2 aromatic carbocycles. The van der Waals surface area contributed by atoms with Crippen LogP contribution in [-0.2, 0) is 0 Å². The predicted octanol–water partition coefficient (Wildman–Crippen LogP) is 3.48. The van der Waals surface area contributed by atoms with E-state index in [-0.39, 0.29) is 17.3 Å². The van der Waals surface area contributed by atoms with E-state index >= 15 is 0 Å². The summed E-state index contributed by atoms with van der Waals surface area (Å²) in [5.74, 6) is 0.0517. The maximum Gasteiger partial charge on any atom is 0.281 e. The van der Waals surface area contributed by atoms with E-state index in [1.165, 1.54) is 18.4 Å². The highest BCUT2D eigenvalue weighted by Crippen LogP contribution is 2.42. The monoisotopic (exact) mass is 351 g/mol. The van der Waals surface area contributed by atoms with Crippen molar-refractivity contribution in [3.63, 3.8) is 0 Å². The van der Waals surface area contributed by atoms with Crippen molar-refractivity contribution in [1.29, 1.82) is 0 Å². The zero-order chi connectivity index (χ0) is 18.0. The summed E-state index contributed by atoms with van der Waals surface area (Å²) >= 11 is 0. The zero-order valence-corrected chi connectivity index (χ0v) is 13.8. The number of nitrogen functional groups attached to an aromatic ring is 1. The largest absolute Gasteiger partial charge is 0.489 e. The Morgan fingerprint density at radius 2 is 2.12 bits per heavy atom. The molecule has 7 heteroatoms. The number of rotatable bonds is 1. The van der Waals surface area contributed by atoms with Gasteiger partial charge in [-0.2, -0.15) is 0 Å². The number of hydrogen-bond donors (Lipinski definition) is 1. The Balaban J connectivity index is 1.94. The minimum Gasteiger partial charge on any atom is -0.489 e. The molecule has 5 rings (SSSR count). The molecule has 0 saturated heterocycles. The molecule has 1 aliphatic heterocycles. The molecule has 0 spiro atoms. The summed E-state index contributed by atoms with van der Waals surface area (Å²) in [4.78, 5) is 12.9. The average Bonchev–Trinajstić information content (AvgIpc) is 3.12. The van der Waals surface area contributed by atoms with Crippen molar-refractivity contribution >= 4 is 27.5 Å². The normalized spacial score (nSPS) is 16.2. The summed E-state index contributed by atoms with van der Waals surface area (Å²) in [6.45, 7) is 2.24. The molecule has 4 aromatic rings. The standard InChI is InChI=1S/C19H14FN3O3/c1-9-7-25-18-11(10-2-5-15(21)14(20)6-10)3-4-12-13-8-26-22-16(13)19(24)23(9)17(12)18/h2-6,8-9H,7,21H2,1H3/t9-/m0/s1. The lowest BCUT2D eigenvalue weighted by Gasteiger charge is -2.27. The molecule has 130 valence electrons. The Kier molecular flexibility index (Phi) is 2.92. The second kappa shape index (κ2) is 5.08. The van der Waals surface area contributed by atoms with E-state index in [2.05, 4.69) is 5.16 Å². The Morgan fingerprint density at radius 1 is 1.27 bits per heavy atom. The maximum absolute atomic E-state index is 14.0. The van der Waals surface area contributed by atoms with Crippen LogP contribution in [0.25, 0.3) is 32.9 Å². The highest BCUT2D eigenvalue weighted by molar-refractivity contribution is 6.08. The fraction of sp³-hybridized carbons (Fsp3) is 0.158. The smallest absolute Gasteiger partial charge is 0.281 e. The van der Waals surface area contributed by atoms with Gasteiger partial charge >= 0.3 is 0 Å². The van der Waals surface area contributed by atoms with Crippen molar-refractivity contribution in [2.24, 2.45) is 0 Å². The number of halogens is 1. The molecule has 0 amide bonds. The highest BCUT2D eigenvalue weighted by Gasteiger charge is 2.27. The Hall–Kier alpha value is -3.35. The van der Waals surface area contributed by atoms with Gasteiger partial charge in [0.05, 0.1) is 22.6 Å². The van der Waals surface area contributed by atoms with Crippen molar-refractivity contribution in [1.82, 2.24) is 9.72 Å². The molecule has 6 nitrogen and oxygen atoms in total. The third-order valence-electron chi connectivity index (χ3n) is 4.87. The number of nitrogens with two attached hydrogens (primary N) is 1. The molecule has 0 fully saturated rings. The van der Waals surface area contributed by atoms with Gasteiger partial charge in [0.15, 0.2) is 11.3 Å². The number of aromatic nitrogens is 2. The van der Waals surface area contributed by atoms with Gasteiger partial charge in [0.25, 0.3) is 5.56 Å². The minimum absolute atomic E-state index is 0.0841. The first kappa shape index (κ1) is 14.9. The van der Waals surface area contributed by atoms with Gasteiger partial charge in [-0.05, 0) is 30.7 Å². The lowest BCUT2D eigenvalue weighted by atomic mass is 9.99. The van der Waals surface area contributed by atoms with Gasteiger partial charge in [-0.3, -0.25) is 9.36 Å². The third-order valence-corrected chi connectivity index (χ3v) is 4.87. The van der Waals surface area contributed by atoms with E-state index in [4.69, 9.17) is 15.0 Å². The van der Waals surface area contributed by atoms with Gasteiger partial charge in [-0.25, -0.2) is 4.39 Å². The lowest BCUT2D eigenvalue weighted by molar-refractivity contribution is 0.246. The van der Waals surface area contributed by atoms with E-state index in [0.717, 1.165) is 5.39 Å². The molecule has 0 aliphatic carbocycles. The fourth-order valence-electron chi connectivity index (χ4n) is 3.59. The summed E-state index contributed by atoms with van der Waals surface area (Å²) in [6, 6.07) is 8.19. The van der Waals surface area contributed by atoms with Gasteiger partial charge in [0.1, 0.15) is 18.7 Å². The summed E-state index contributed by atoms with van der Waals surface area (Å²) in [7, 11) is 0. The molecule has 26 heavy (non-hydrogen) atoms. The van der Waals surface area contributed by atoms with E-state index in [1.807, 2.05) is 19.1 Å². The fourth-order valence-corrected chi connectivity index (χ4v) is 3.59. The summed E-state index contributed by atoms with van der Waals surface area (Å²) < 4.78 is 26.6. The van der Waals surface area contributed by atoms with E-state index in [1.54, 1.807) is 10.6 Å². The Bertz CT molecular complexity index is 1260. The van der Waals surface area contributed by atoms with Crippen LogP contribution in [-0.4, -0.2) is 16.3 Å². The molecule has 3 heterocycles. The molecule has 0 unspecified atom stereocenters. The van der Waals surface area contributed by atoms with Crippen molar-refractivity contribution in [2.75, 3.05) is 12.3 Å². The molecule has 0 bridgehead atoms. The van der Waals surface area contributed by atoms with Gasteiger partial charge in [-0.1, -0.05) is 17.3 Å². The molecule has 0 radical (unpaired) electrons. The van der Waals surface area contributed by atoms with Crippen molar-refractivity contribution in [3.05, 3.63) is 52.8 Å². The van der Waals surface area contributed by atoms with Crippen LogP contribution in [0.5, 0.6) is 5.75 Å². The Morgan fingerprint density at radius 3 is 2.92 bits per heavy atom. The predicted molar refractivity (Wildman–Crippen MR) is 95.8 cm³/mol. The first-order chi connectivity index (χ1) is 12.6. The van der Waals surface area contributed by atoms with Crippen molar-refractivity contribution in [3.8, 4) is 16.9 Å². The van der Waals surface area contributed by atoms with Gasteiger partial charge < -0.3 is 15.0 Å². The van der Waals surface area contributed by atoms with E-state index in [0.29, 0.717) is 39.9 Å². The number of fused-ring (bicyclic) bond motifs is 2. The number of pyridine rings is 1. The first-order valence-electron chi connectivity index (χ1n) is 8.19. The lowest BCUT2D eigenvalue weighted by Crippen LogP contribution is -2.31. The van der Waals surface area contributed by atoms with Gasteiger partial charge in [-0.15, -0.1) is 0 Å². The van der Waals surface area contributed by atoms with Crippen LogP contribution in [0.4, 0.5) is 10.1 Å². The van der Waals surface area contributed by atoms with Crippen LogP contribution in [0.3, 0.4) is 0 Å². The first-order valence-corrected chi connectivity index (χ1v) is 8.19. The zero-order valence-electron chi connectivity index (χ0n) is 13.8. The van der Waals surface area contributed by atoms with E-state index < -0.39 is 5.82 Å². The third kappa shape index (κ3) is 1.85. The second-order valence-electron chi connectivity index (χ2n) is 6.49. The van der Waals surface area contributed by atoms with Crippen LogP contribution in [0.15, 0.2) is 45.9 Å². The second-order valence-corrected chi connectivity index (χ2v) is 6.49. The Labute approximate surface area is 146 Å². The van der Waals surface area contributed by atoms with Gasteiger partial charge in [0.2, 0.25) is 0 Å². The molecule has 1 aliphatic rings. The number of benzene rings is 2.